The van der Waals surface area contributed by atoms with E-state index in [0.717, 1.165) is 12.1 Å². The minimum atomic E-state index is -2.98. The topological polar surface area (TPSA) is 59.5 Å². The monoisotopic (exact) mass is 324 g/mol. The van der Waals surface area contributed by atoms with Crippen molar-refractivity contribution < 1.29 is 13.2 Å². The van der Waals surface area contributed by atoms with Gasteiger partial charge in [0.2, 0.25) is 0 Å². The van der Waals surface area contributed by atoms with Crippen LogP contribution in [-0.4, -0.2) is 54.5 Å². The van der Waals surface area contributed by atoms with Crippen molar-refractivity contribution >= 4 is 9.84 Å². The second-order valence-corrected chi connectivity index (χ2v) is 8.96. The van der Waals surface area contributed by atoms with Crippen LogP contribution in [0.2, 0.25) is 0 Å². The smallest absolute Gasteiger partial charge is 0.154 e. The maximum absolute atomic E-state index is 12.4. The van der Waals surface area contributed by atoms with Crippen LogP contribution in [0, 0.1) is 5.92 Å². The number of nitrogens with zero attached hydrogens (tertiary/aromatic N) is 2. The summed E-state index contributed by atoms with van der Waals surface area (Å²) in [5, 5.41) is -0.262. The van der Waals surface area contributed by atoms with Crippen LogP contribution in [0.5, 0.6) is 0 Å². The highest BCUT2D eigenvalue weighted by molar-refractivity contribution is 7.92. The summed E-state index contributed by atoms with van der Waals surface area (Å²) in [6, 6.07) is 4.25. The fourth-order valence-electron chi connectivity index (χ4n) is 3.53. The Morgan fingerprint density at radius 2 is 2.23 bits per heavy atom. The lowest BCUT2D eigenvalue weighted by molar-refractivity contribution is -0.00158. The highest BCUT2D eigenvalue weighted by atomic mass is 32.2. The molecule has 5 nitrogen and oxygen atoms in total. The van der Waals surface area contributed by atoms with Crippen molar-refractivity contribution in [1.82, 2.24) is 9.88 Å². The van der Waals surface area contributed by atoms with E-state index in [-0.39, 0.29) is 23.0 Å². The van der Waals surface area contributed by atoms with Crippen LogP contribution >= 0.6 is 0 Å². The molecular formula is C16H24N2O3S. The van der Waals surface area contributed by atoms with E-state index in [9.17, 15) is 8.42 Å². The number of likely N-dealkylation sites (tertiary alicyclic amines) is 1. The zero-order valence-corrected chi connectivity index (χ0v) is 14.0. The van der Waals surface area contributed by atoms with Crippen LogP contribution in [0.4, 0.5) is 0 Å². The Morgan fingerprint density at radius 1 is 1.41 bits per heavy atom. The number of hydrogen-bond acceptors (Lipinski definition) is 5. The third-order valence-electron chi connectivity index (χ3n) is 4.88. The standard InChI is InChI=1S/C16H24N2O3S/c1-12(2)18-9-14-15(5-7-22(19,20)16(14)10-18)21-11-13-4-3-6-17-8-13/h3-4,6,8,12,14-16H,5,7,9-11H2,1-2H3. The van der Waals surface area contributed by atoms with Gasteiger partial charge in [-0.1, -0.05) is 6.07 Å². The molecule has 2 fully saturated rings. The molecule has 0 spiro atoms. The summed E-state index contributed by atoms with van der Waals surface area (Å²) in [6.07, 6.45) is 4.17. The summed E-state index contributed by atoms with van der Waals surface area (Å²) >= 11 is 0. The predicted molar refractivity (Wildman–Crippen MR) is 85.2 cm³/mol. The van der Waals surface area contributed by atoms with E-state index in [4.69, 9.17) is 4.74 Å². The minimum Gasteiger partial charge on any atom is -0.373 e. The van der Waals surface area contributed by atoms with Crippen molar-refractivity contribution in [1.29, 1.82) is 0 Å². The van der Waals surface area contributed by atoms with Crippen molar-refractivity contribution in [3.63, 3.8) is 0 Å². The summed E-state index contributed by atoms with van der Waals surface area (Å²) in [5.74, 6) is 0.343. The van der Waals surface area contributed by atoms with Crippen molar-refractivity contribution in [2.24, 2.45) is 5.92 Å². The summed E-state index contributed by atoms with van der Waals surface area (Å²) in [5.41, 5.74) is 1.03. The summed E-state index contributed by atoms with van der Waals surface area (Å²) < 4.78 is 30.8. The van der Waals surface area contributed by atoms with Gasteiger partial charge in [-0.25, -0.2) is 8.42 Å². The first-order valence-electron chi connectivity index (χ1n) is 7.93. The van der Waals surface area contributed by atoms with Gasteiger partial charge in [0.25, 0.3) is 0 Å². The third kappa shape index (κ3) is 3.19. The lowest BCUT2D eigenvalue weighted by atomic mass is 9.98. The molecule has 122 valence electrons. The second-order valence-electron chi connectivity index (χ2n) is 6.62. The lowest BCUT2D eigenvalue weighted by Crippen LogP contribution is -2.44. The molecule has 0 bridgehead atoms. The first-order chi connectivity index (χ1) is 10.5. The molecule has 22 heavy (non-hydrogen) atoms. The summed E-state index contributed by atoms with van der Waals surface area (Å²) in [7, 11) is -2.98. The second kappa shape index (κ2) is 6.26. The van der Waals surface area contributed by atoms with E-state index in [2.05, 4.69) is 23.7 Å². The van der Waals surface area contributed by atoms with Gasteiger partial charge in [-0.05, 0) is 31.9 Å². The van der Waals surface area contributed by atoms with Gasteiger partial charge >= 0.3 is 0 Å². The van der Waals surface area contributed by atoms with Crippen molar-refractivity contribution in [3.8, 4) is 0 Å². The van der Waals surface area contributed by atoms with Gasteiger partial charge in [-0.2, -0.15) is 0 Å². The van der Waals surface area contributed by atoms with Crippen LogP contribution < -0.4 is 0 Å². The van der Waals surface area contributed by atoms with Crippen LogP contribution in [0.1, 0.15) is 25.8 Å². The highest BCUT2D eigenvalue weighted by Gasteiger charge is 2.49. The van der Waals surface area contributed by atoms with E-state index in [1.165, 1.54) is 0 Å². The fourth-order valence-corrected chi connectivity index (χ4v) is 5.60. The molecule has 6 heteroatoms. The molecule has 2 aliphatic rings. The van der Waals surface area contributed by atoms with Gasteiger partial charge in [0.05, 0.1) is 23.7 Å². The normalized spacial score (nSPS) is 31.3. The molecule has 0 aliphatic carbocycles. The van der Waals surface area contributed by atoms with E-state index in [0.29, 0.717) is 25.6 Å². The minimum absolute atomic E-state index is 0.0254. The van der Waals surface area contributed by atoms with Crippen molar-refractivity contribution in [2.75, 3.05) is 18.8 Å². The Bertz CT molecular complexity index is 603. The maximum atomic E-state index is 12.4. The number of ether oxygens (including phenoxy) is 1. The molecular weight excluding hydrogens is 300 g/mol. The number of sulfone groups is 1. The average Bonchev–Trinajstić information content (AvgIpc) is 2.95. The van der Waals surface area contributed by atoms with Crippen LogP contribution in [-0.2, 0) is 21.2 Å². The van der Waals surface area contributed by atoms with E-state index in [1.54, 1.807) is 12.4 Å². The molecule has 1 aromatic rings. The molecule has 3 rings (SSSR count). The zero-order chi connectivity index (χ0) is 15.7. The lowest BCUT2D eigenvalue weighted by Gasteiger charge is -2.32. The molecule has 0 radical (unpaired) electrons. The van der Waals surface area contributed by atoms with Gasteiger partial charge in [-0.15, -0.1) is 0 Å². The fraction of sp³-hybridized carbons (Fsp3) is 0.688. The van der Waals surface area contributed by atoms with Gasteiger partial charge in [-0.3, -0.25) is 9.88 Å². The third-order valence-corrected chi connectivity index (χ3v) is 7.11. The summed E-state index contributed by atoms with van der Waals surface area (Å²) in [4.78, 5) is 6.35. The van der Waals surface area contributed by atoms with Crippen LogP contribution in [0.25, 0.3) is 0 Å². The predicted octanol–water partition coefficient (Wildman–Crippen LogP) is 1.49. The van der Waals surface area contributed by atoms with Gasteiger partial charge in [0.1, 0.15) is 0 Å². The van der Waals surface area contributed by atoms with Gasteiger partial charge in [0, 0.05) is 37.4 Å². The highest BCUT2D eigenvalue weighted by Crippen LogP contribution is 2.35. The number of pyridine rings is 1. The van der Waals surface area contributed by atoms with E-state index in [1.807, 2.05) is 12.1 Å². The van der Waals surface area contributed by atoms with E-state index < -0.39 is 9.84 Å². The maximum Gasteiger partial charge on any atom is 0.154 e. The Labute approximate surface area is 132 Å². The van der Waals surface area contributed by atoms with Gasteiger partial charge < -0.3 is 4.74 Å². The Morgan fingerprint density at radius 3 is 2.91 bits per heavy atom. The molecule has 3 atom stereocenters. The zero-order valence-electron chi connectivity index (χ0n) is 13.2. The molecule has 3 unspecified atom stereocenters. The summed E-state index contributed by atoms with van der Waals surface area (Å²) in [6.45, 7) is 6.21. The molecule has 2 aliphatic heterocycles. The number of rotatable bonds is 4. The Kier molecular flexibility index (Phi) is 4.52. The SMILES string of the molecule is CC(C)N1CC2C(OCc3cccnc3)CCS(=O)(=O)C2C1. The molecule has 0 saturated carbocycles. The number of hydrogen-bond donors (Lipinski definition) is 0. The Balaban J connectivity index is 1.70. The molecule has 0 N–H and O–H groups in total. The Hall–Kier alpha value is -0.980. The van der Waals surface area contributed by atoms with Crippen LogP contribution in [0.3, 0.4) is 0 Å². The van der Waals surface area contributed by atoms with Crippen molar-refractivity contribution in [3.05, 3.63) is 30.1 Å². The average molecular weight is 324 g/mol. The molecule has 3 heterocycles. The van der Waals surface area contributed by atoms with Gasteiger partial charge in [0.15, 0.2) is 9.84 Å². The largest absolute Gasteiger partial charge is 0.373 e. The first-order valence-corrected chi connectivity index (χ1v) is 9.65. The molecule has 0 amide bonds. The molecule has 0 aromatic carbocycles. The van der Waals surface area contributed by atoms with E-state index >= 15 is 0 Å². The quantitative estimate of drug-likeness (QED) is 0.840. The number of fused-ring (bicyclic) bond motifs is 1. The van der Waals surface area contributed by atoms with Crippen molar-refractivity contribution in [2.45, 2.75) is 44.3 Å². The first kappa shape index (κ1) is 15.9. The molecule has 1 aromatic heterocycles. The number of aromatic nitrogens is 1. The molecule has 2 saturated heterocycles. The van der Waals surface area contributed by atoms with Crippen LogP contribution in [0.15, 0.2) is 24.5 Å².